The Morgan fingerprint density at radius 1 is 0.347 bits per heavy atom. The van der Waals surface area contributed by atoms with Gasteiger partial charge in [0.1, 0.15) is 11.0 Å². The van der Waals surface area contributed by atoms with Crippen molar-refractivity contribution in [2.45, 2.75) is 5.41 Å². The van der Waals surface area contributed by atoms with E-state index in [0.717, 1.165) is 44.5 Å². The van der Waals surface area contributed by atoms with Crippen LogP contribution in [0.25, 0.3) is 78.5 Å². The Kier molecular flexibility index (Phi) is 5.28. The van der Waals surface area contributed by atoms with Gasteiger partial charge in [-0.25, -0.2) is 9.97 Å². The number of benzene rings is 7. The van der Waals surface area contributed by atoms with E-state index in [2.05, 4.69) is 109 Å². The van der Waals surface area contributed by atoms with Crippen molar-refractivity contribution in [1.82, 2.24) is 9.97 Å². The molecular formula is C45H26N2O2. The molecule has 2 aliphatic rings. The lowest BCUT2D eigenvalue weighted by Gasteiger charge is -2.30. The molecule has 0 saturated carbocycles. The van der Waals surface area contributed by atoms with Crippen LogP contribution in [0.5, 0.6) is 0 Å². The van der Waals surface area contributed by atoms with Crippen molar-refractivity contribution in [3.8, 4) is 56.3 Å². The number of fused-ring (bicyclic) bond motifs is 12. The van der Waals surface area contributed by atoms with E-state index in [1.54, 1.807) is 0 Å². The lowest BCUT2D eigenvalue weighted by atomic mass is 9.70. The first-order chi connectivity index (χ1) is 24.3. The van der Waals surface area contributed by atoms with Crippen LogP contribution in [0.2, 0.25) is 0 Å². The van der Waals surface area contributed by atoms with Crippen LogP contribution in [0.4, 0.5) is 0 Å². The predicted molar refractivity (Wildman–Crippen MR) is 194 cm³/mol. The highest BCUT2D eigenvalue weighted by Gasteiger charge is 2.51. The number of hydrogen-bond acceptors (Lipinski definition) is 4. The largest absolute Gasteiger partial charge is 0.436 e. The topological polar surface area (TPSA) is 52.1 Å². The minimum atomic E-state index is -0.420. The van der Waals surface area contributed by atoms with Gasteiger partial charge in [0, 0.05) is 11.1 Å². The molecule has 0 N–H and O–H groups in total. The third-order valence-electron chi connectivity index (χ3n) is 10.3. The highest BCUT2D eigenvalue weighted by molar-refractivity contribution is 5.96. The van der Waals surface area contributed by atoms with E-state index in [9.17, 15) is 0 Å². The van der Waals surface area contributed by atoms with E-state index in [4.69, 9.17) is 18.8 Å². The molecule has 0 saturated heterocycles. The summed E-state index contributed by atoms with van der Waals surface area (Å²) >= 11 is 0. The van der Waals surface area contributed by atoms with E-state index in [1.807, 2.05) is 48.5 Å². The van der Waals surface area contributed by atoms with Crippen molar-refractivity contribution in [3.05, 3.63) is 180 Å². The Balaban J connectivity index is 1.17. The second kappa shape index (κ2) is 9.75. The molecule has 1 spiro atoms. The second-order valence-corrected chi connectivity index (χ2v) is 12.9. The summed E-state index contributed by atoms with van der Waals surface area (Å²) in [5.41, 5.74) is 17.0. The van der Waals surface area contributed by atoms with Crippen LogP contribution in [0.1, 0.15) is 22.3 Å². The molecule has 0 atom stereocenters. The van der Waals surface area contributed by atoms with Gasteiger partial charge in [-0.1, -0.05) is 109 Å². The SMILES string of the molecule is c1ccc2c(c1)-c1ccccc1C21c2ccccc2-c2ccc(-c3cc(-c4nc5ccccc5o4)cc(-c4nc5ccccc5o4)c3)cc21. The number of hydrogen-bond donors (Lipinski definition) is 0. The molecule has 228 valence electrons. The lowest BCUT2D eigenvalue weighted by Crippen LogP contribution is -2.25. The smallest absolute Gasteiger partial charge is 0.227 e. The fourth-order valence-corrected chi connectivity index (χ4v) is 8.31. The monoisotopic (exact) mass is 626 g/mol. The van der Waals surface area contributed by atoms with Crippen molar-refractivity contribution in [1.29, 1.82) is 0 Å². The minimum absolute atomic E-state index is 0.420. The van der Waals surface area contributed by atoms with Crippen molar-refractivity contribution in [2.24, 2.45) is 0 Å². The van der Waals surface area contributed by atoms with E-state index < -0.39 is 5.41 Å². The predicted octanol–water partition coefficient (Wildman–Crippen LogP) is 11.3. The number of aromatic nitrogens is 2. The second-order valence-electron chi connectivity index (χ2n) is 12.9. The Hall–Kier alpha value is -6.52. The summed E-state index contributed by atoms with van der Waals surface area (Å²) in [6.07, 6.45) is 0. The zero-order valence-electron chi connectivity index (χ0n) is 26.2. The average molecular weight is 627 g/mol. The normalized spacial score (nSPS) is 13.5. The Bertz CT molecular complexity index is 2580. The summed E-state index contributed by atoms with van der Waals surface area (Å²) in [7, 11) is 0. The summed E-state index contributed by atoms with van der Waals surface area (Å²) in [5.74, 6) is 1.12. The first kappa shape index (κ1) is 26.5. The zero-order valence-corrected chi connectivity index (χ0v) is 26.2. The van der Waals surface area contributed by atoms with Gasteiger partial charge in [0.05, 0.1) is 5.41 Å². The maximum atomic E-state index is 6.30. The van der Waals surface area contributed by atoms with E-state index in [0.29, 0.717) is 11.8 Å². The van der Waals surface area contributed by atoms with Gasteiger partial charge >= 0.3 is 0 Å². The third kappa shape index (κ3) is 3.63. The number of para-hydroxylation sites is 4. The minimum Gasteiger partial charge on any atom is -0.436 e. The van der Waals surface area contributed by atoms with Gasteiger partial charge in [-0.3, -0.25) is 0 Å². The van der Waals surface area contributed by atoms with Crippen molar-refractivity contribution >= 4 is 22.2 Å². The summed E-state index contributed by atoms with van der Waals surface area (Å²) in [6, 6.07) is 55.8. The van der Waals surface area contributed by atoms with Gasteiger partial charge in [0.25, 0.3) is 0 Å². The molecule has 49 heavy (non-hydrogen) atoms. The van der Waals surface area contributed by atoms with Crippen LogP contribution < -0.4 is 0 Å². The van der Waals surface area contributed by atoms with E-state index >= 15 is 0 Å². The van der Waals surface area contributed by atoms with E-state index in [-0.39, 0.29) is 0 Å². The molecule has 11 rings (SSSR count). The fourth-order valence-electron chi connectivity index (χ4n) is 8.31. The highest BCUT2D eigenvalue weighted by atomic mass is 16.4. The maximum Gasteiger partial charge on any atom is 0.227 e. The molecule has 2 heterocycles. The molecule has 0 bridgehead atoms. The quantitative estimate of drug-likeness (QED) is 0.196. The zero-order chi connectivity index (χ0) is 32.1. The van der Waals surface area contributed by atoms with Crippen LogP contribution in [0, 0.1) is 0 Å². The Morgan fingerprint density at radius 2 is 0.776 bits per heavy atom. The summed E-state index contributed by atoms with van der Waals surface area (Å²) < 4.78 is 12.6. The Morgan fingerprint density at radius 3 is 1.29 bits per heavy atom. The van der Waals surface area contributed by atoms with Crippen LogP contribution in [0.3, 0.4) is 0 Å². The van der Waals surface area contributed by atoms with Crippen molar-refractivity contribution in [3.63, 3.8) is 0 Å². The number of nitrogens with zero attached hydrogens (tertiary/aromatic N) is 2. The lowest BCUT2D eigenvalue weighted by molar-refractivity contribution is 0.617. The van der Waals surface area contributed by atoms with Gasteiger partial charge in [-0.2, -0.15) is 0 Å². The van der Waals surface area contributed by atoms with Gasteiger partial charge < -0.3 is 8.83 Å². The van der Waals surface area contributed by atoms with Crippen LogP contribution in [0.15, 0.2) is 167 Å². The average Bonchev–Trinajstić information content (AvgIpc) is 3.93. The summed E-state index contributed by atoms with van der Waals surface area (Å²) in [4.78, 5) is 9.74. The molecule has 0 fully saturated rings. The highest BCUT2D eigenvalue weighted by Crippen LogP contribution is 2.63. The summed E-state index contributed by atoms with van der Waals surface area (Å²) in [6.45, 7) is 0. The standard InChI is InChI=1S/C45H26N2O2/c1-4-14-35-31(11-1)32-12-2-5-15-36(32)45(35)37-16-6-3-13-33(37)34-22-21-27(26-38(34)45)28-23-29(43-46-39-17-7-9-19-41(39)48-43)25-30(24-28)44-47-40-18-8-10-20-42(40)49-44/h1-26H. The van der Waals surface area contributed by atoms with Gasteiger partial charge in [0.2, 0.25) is 11.8 Å². The molecule has 0 aliphatic heterocycles. The van der Waals surface area contributed by atoms with E-state index in [1.165, 1.54) is 44.5 Å². The molecule has 0 radical (unpaired) electrons. The molecule has 2 aliphatic carbocycles. The molecule has 2 aromatic heterocycles. The van der Waals surface area contributed by atoms with Crippen molar-refractivity contribution in [2.75, 3.05) is 0 Å². The molecule has 7 aromatic carbocycles. The first-order valence-electron chi connectivity index (χ1n) is 16.6. The van der Waals surface area contributed by atoms with Gasteiger partial charge in [-0.15, -0.1) is 0 Å². The molecule has 0 amide bonds. The van der Waals surface area contributed by atoms with Gasteiger partial charge in [0.15, 0.2) is 11.2 Å². The van der Waals surface area contributed by atoms with Crippen molar-refractivity contribution < 1.29 is 8.83 Å². The maximum absolute atomic E-state index is 6.30. The van der Waals surface area contributed by atoms with Gasteiger partial charge in [-0.05, 0) is 104 Å². The molecular weight excluding hydrogens is 601 g/mol. The number of oxazole rings is 2. The molecule has 0 unspecified atom stereocenters. The van der Waals surface area contributed by atoms with Crippen LogP contribution >= 0.6 is 0 Å². The number of rotatable bonds is 3. The molecule has 4 nitrogen and oxygen atoms in total. The Labute approximate surface area is 282 Å². The van der Waals surface area contributed by atoms with Crippen LogP contribution in [-0.4, -0.2) is 9.97 Å². The summed E-state index contributed by atoms with van der Waals surface area (Å²) in [5, 5.41) is 0. The third-order valence-corrected chi connectivity index (χ3v) is 10.3. The van der Waals surface area contributed by atoms with Crippen LogP contribution in [-0.2, 0) is 5.41 Å². The molecule has 9 aromatic rings. The molecule has 4 heteroatoms. The fraction of sp³-hybridized carbons (Fsp3) is 0.0222. The first-order valence-corrected chi connectivity index (χ1v) is 16.6.